The lowest BCUT2D eigenvalue weighted by atomic mass is 10.1. The Labute approximate surface area is 211 Å². The summed E-state index contributed by atoms with van der Waals surface area (Å²) in [6.45, 7) is 9.35. The molecule has 2 aromatic carbocycles. The summed E-state index contributed by atoms with van der Waals surface area (Å²) in [6, 6.07) is 15.1. The zero-order chi connectivity index (χ0) is 25.3. The van der Waals surface area contributed by atoms with Crippen molar-refractivity contribution in [2.24, 2.45) is 0 Å². The SMILES string of the molecule is CCCCCCOc1ccc(C(=O)N(Cc2ccc(N(CC)CC)cc2)C2CCS(=O)(=O)C2)cc1. The number of carbonyl (C=O) groups is 1. The van der Waals surface area contributed by atoms with Gasteiger partial charge in [0.05, 0.1) is 18.1 Å². The average Bonchev–Trinajstić information content (AvgIpc) is 3.23. The molecular weight excluding hydrogens is 460 g/mol. The molecule has 1 amide bonds. The van der Waals surface area contributed by atoms with Gasteiger partial charge in [-0.2, -0.15) is 0 Å². The van der Waals surface area contributed by atoms with Crippen molar-refractivity contribution in [3.8, 4) is 5.75 Å². The molecule has 2 aromatic rings. The van der Waals surface area contributed by atoms with Crippen LogP contribution in [0.5, 0.6) is 5.75 Å². The van der Waals surface area contributed by atoms with Crippen LogP contribution in [0.1, 0.15) is 68.8 Å². The second-order valence-corrected chi connectivity index (χ2v) is 11.5. The molecule has 3 rings (SSSR count). The monoisotopic (exact) mass is 500 g/mol. The van der Waals surface area contributed by atoms with E-state index < -0.39 is 9.84 Å². The van der Waals surface area contributed by atoms with Crippen LogP contribution in [-0.2, 0) is 16.4 Å². The topological polar surface area (TPSA) is 66.9 Å². The van der Waals surface area contributed by atoms with Gasteiger partial charge in [0, 0.05) is 36.9 Å². The third-order valence-electron chi connectivity index (χ3n) is 6.70. The lowest BCUT2D eigenvalue weighted by molar-refractivity contribution is 0.0681. The highest BCUT2D eigenvalue weighted by atomic mass is 32.2. The molecule has 1 heterocycles. The van der Waals surface area contributed by atoms with Crippen LogP contribution in [0.2, 0.25) is 0 Å². The van der Waals surface area contributed by atoms with Crippen LogP contribution in [0.15, 0.2) is 48.5 Å². The summed E-state index contributed by atoms with van der Waals surface area (Å²) in [7, 11) is -3.12. The maximum absolute atomic E-state index is 13.5. The van der Waals surface area contributed by atoms with E-state index in [-0.39, 0.29) is 23.5 Å². The molecule has 0 aromatic heterocycles. The molecule has 192 valence electrons. The van der Waals surface area contributed by atoms with Crippen LogP contribution < -0.4 is 9.64 Å². The maximum Gasteiger partial charge on any atom is 0.254 e. The predicted octanol–water partition coefficient (Wildman–Crippen LogP) is 5.32. The minimum absolute atomic E-state index is 0.0230. The van der Waals surface area contributed by atoms with Crippen LogP contribution in [-0.4, -0.2) is 56.5 Å². The number of carbonyl (C=O) groups excluding carboxylic acids is 1. The molecule has 7 heteroatoms. The molecule has 0 bridgehead atoms. The lowest BCUT2D eigenvalue weighted by Gasteiger charge is -2.29. The van der Waals surface area contributed by atoms with Crippen molar-refractivity contribution >= 4 is 21.4 Å². The molecule has 35 heavy (non-hydrogen) atoms. The fourth-order valence-electron chi connectivity index (χ4n) is 4.56. The average molecular weight is 501 g/mol. The van der Waals surface area contributed by atoms with Gasteiger partial charge in [-0.3, -0.25) is 4.79 Å². The number of unbranched alkanes of at least 4 members (excludes halogenated alkanes) is 3. The van der Waals surface area contributed by atoms with Gasteiger partial charge in [-0.15, -0.1) is 0 Å². The van der Waals surface area contributed by atoms with E-state index in [4.69, 9.17) is 4.74 Å². The van der Waals surface area contributed by atoms with Gasteiger partial charge in [-0.05, 0) is 68.7 Å². The van der Waals surface area contributed by atoms with Crippen LogP contribution >= 0.6 is 0 Å². The molecule has 6 nitrogen and oxygen atoms in total. The van der Waals surface area contributed by atoms with E-state index in [0.717, 1.165) is 42.9 Å². The van der Waals surface area contributed by atoms with Crippen molar-refractivity contribution in [2.45, 2.75) is 65.5 Å². The highest BCUT2D eigenvalue weighted by Gasteiger charge is 2.35. The number of hydrogen-bond acceptors (Lipinski definition) is 5. The summed E-state index contributed by atoms with van der Waals surface area (Å²) in [6.07, 6.45) is 5.05. The van der Waals surface area contributed by atoms with Gasteiger partial charge in [0.2, 0.25) is 0 Å². The number of nitrogens with zero attached hydrogens (tertiary/aromatic N) is 2. The molecule has 1 aliphatic heterocycles. The molecular formula is C28H40N2O4S. The van der Waals surface area contributed by atoms with Crippen LogP contribution in [0.3, 0.4) is 0 Å². The highest BCUT2D eigenvalue weighted by Crippen LogP contribution is 2.24. The van der Waals surface area contributed by atoms with Crippen molar-refractivity contribution in [3.05, 3.63) is 59.7 Å². The van der Waals surface area contributed by atoms with E-state index >= 15 is 0 Å². The van der Waals surface area contributed by atoms with Crippen molar-refractivity contribution in [2.75, 3.05) is 36.1 Å². The molecule has 1 atom stereocenters. The number of sulfone groups is 1. The minimum atomic E-state index is -3.12. The fourth-order valence-corrected chi connectivity index (χ4v) is 6.29. The Kier molecular flexibility index (Phi) is 10.0. The Hall–Kier alpha value is -2.54. The first-order valence-electron chi connectivity index (χ1n) is 12.9. The highest BCUT2D eigenvalue weighted by molar-refractivity contribution is 7.91. The summed E-state index contributed by atoms with van der Waals surface area (Å²) in [5.41, 5.74) is 2.68. The first-order valence-corrected chi connectivity index (χ1v) is 14.8. The minimum Gasteiger partial charge on any atom is -0.494 e. The van der Waals surface area contributed by atoms with Crippen LogP contribution in [0.25, 0.3) is 0 Å². The third-order valence-corrected chi connectivity index (χ3v) is 8.45. The Morgan fingerprint density at radius 2 is 1.63 bits per heavy atom. The second kappa shape index (κ2) is 13.0. The second-order valence-electron chi connectivity index (χ2n) is 9.26. The smallest absolute Gasteiger partial charge is 0.254 e. The number of ether oxygens (including phenoxy) is 1. The van der Waals surface area contributed by atoms with E-state index in [0.29, 0.717) is 25.1 Å². The largest absolute Gasteiger partial charge is 0.494 e. The maximum atomic E-state index is 13.5. The molecule has 0 spiro atoms. The van der Waals surface area contributed by atoms with Crippen molar-refractivity contribution in [1.82, 2.24) is 4.90 Å². The predicted molar refractivity (Wildman–Crippen MR) is 143 cm³/mol. The van der Waals surface area contributed by atoms with E-state index in [9.17, 15) is 13.2 Å². The number of benzene rings is 2. The summed E-state index contributed by atoms with van der Waals surface area (Å²) >= 11 is 0. The van der Waals surface area contributed by atoms with Crippen molar-refractivity contribution in [3.63, 3.8) is 0 Å². The van der Waals surface area contributed by atoms with E-state index in [1.807, 2.05) is 24.3 Å². The van der Waals surface area contributed by atoms with Gasteiger partial charge in [0.1, 0.15) is 5.75 Å². The van der Waals surface area contributed by atoms with E-state index in [2.05, 4.69) is 37.8 Å². The standard InChI is InChI=1S/C28H40N2O4S/c1-4-7-8-9-19-34-27-16-12-24(13-17-27)28(31)30(26-18-20-35(32,33)22-26)21-23-10-14-25(15-11-23)29(5-2)6-3/h10-17,26H,4-9,18-22H2,1-3H3. The molecule has 0 aliphatic carbocycles. The first-order chi connectivity index (χ1) is 16.9. The lowest BCUT2D eigenvalue weighted by Crippen LogP contribution is -2.40. The van der Waals surface area contributed by atoms with Gasteiger partial charge in [-0.1, -0.05) is 38.3 Å². The van der Waals surface area contributed by atoms with E-state index in [1.54, 1.807) is 17.0 Å². The molecule has 0 saturated carbocycles. The zero-order valence-corrected chi connectivity index (χ0v) is 22.2. The van der Waals surface area contributed by atoms with Gasteiger partial charge in [-0.25, -0.2) is 8.42 Å². The first kappa shape index (κ1) is 27.1. The number of amides is 1. The molecule has 0 N–H and O–H groups in total. The normalized spacial score (nSPS) is 16.7. The van der Waals surface area contributed by atoms with Gasteiger partial charge in [0.15, 0.2) is 9.84 Å². The van der Waals surface area contributed by atoms with Crippen LogP contribution in [0.4, 0.5) is 5.69 Å². The molecule has 1 unspecified atom stereocenters. The van der Waals surface area contributed by atoms with Crippen molar-refractivity contribution in [1.29, 1.82) is 0 Å². The molecule has 1 saturated heterocycles. The van der Waals surface area contributed by atoms with Gasteiger partial charge < -0.3 is 14.5 Å². The Morgan fingerprint density at radius 1 is 0.943 bits per heavy atom. The Bertz CT molecular complexity index is 1030. The number of anilines is 1. The summed E-state index contributed by atoms with van der Waals surface area (Å²) in [5, 5.41) is 0. The summed E-state index contributed by atoms with van der Waals surface area (Å²) in [4.78, 5) is 17.5. The van der Waals surface area contributed by atoms with E-state index in [1.165, 1.54) is 12.8 Å². The summed E-state index contributed by atoms with van der Waals surface area (Å²) in [5.74, 6) is 0.761. The fraction of sp³-hybridized carbons (Fsp3) is 0.536. The van der Waals surface area contributed by atoms with Crippen molar-refractivity contribution < 1.29 is 17.9 Å². The Morgan fingerprint density at radius 3 is 2.20 bits per heavy atom. The number of hydrogen-bond donors (Lipinski definition) is 0. The molecule has 0 radical (unpaired) electrons. The van der Waals surface area contributed by atoms with Gasteiger partial charge >= 0.3 is 0 Å². The zero-order valence-electron chi connectivity index (χ0n) is 21.4. The molecule has 1 aliphatic rings. The quantitative estimate of drug-likeness (QED) is 0.348. The summed E-state index contributed by atoms with van der Waals surface area (Å²) < 4.78 is 30.2. The number of rotatable bonds is 13. The molecule has 1 fully saturated rings. The van der Waals surface area contributed by atoms with Crippen LogP contribution in [0, 0.1) is 0 Å². The third kappa shape index (κ3) is 7.72. The Balaban J connectivity index is 1.73. The van der Waals surface area contributed by atoms with Gasteiger partial charge in [0.25, 0.3) is 5.91 Å².